The number of likely N-dealkylation sites (N-methyl/N-ethyl adjacent to an activating group) is 1. The number of piperazine rings is 1. The number of rotatable bonds is 8. The lowest BCUT2D eigenvalue weighted by Gasteiger charge is -2.35. The standard InChI is InChI=1S/C36H37N7O4/c1-4-36(45)40-29-21-30(33(46-3)22-32(29)42-16-14-41(2)15-17-42)39-34-23-35(38-24-37-34)43-31(13-18-47-43)27-9-5-7-25(19-27)11-12-26-8-6-10-28(44)20-26/h4-10,19-24,31,44H,1,13-18H2,2-3H3,(H,40,45)(H,37,38,39). The van der Waals surface area contributed by atoms with Crippen LogP contribution >= 0.6 is 0 Å². The lowest BCUT2D eigenvalue weighted by Crippen LogP contribution is -2.44. The first-order chi connectivity index (χ1) is 22.9. The summed E-state index contributed by atoms with van der Waals surface area (Å²) in [5.74, 6) is 7.93. The predicted molar refractivity (Wildman–Crippen MR) is 183 cm³/mol. The highest BCUT2D eigenvalue weighted by molar-refractivity contribution is 6.02. The predicted octanol–water partition coefficient (Wildman–Crippen LogP) is 5.09. The molecule has 2 aliphatic heterocycles. The zero-order chi connectivity index (χ0) is 32.8. The number of carbonyl (C=O) groups excluding carboxylic acids is 1. The Morgan fingerprint density at radius 1 is 1.02 bits per heavy atom. The Labute approximate surface area is 274 Å². The number of aromatic nitrogens is 2. The molecule has 0 aliphatic carbocycles. The molecule has 0 spiro atoms. The van der Waals surface area contributed by atoms with Crippen molar-refractivity contribution in [2.45, 2.75) is 12.5 Å². The molecule has 11 heteroatoms. The number of benzene rings is 3. The molecule has 0 radical (unpaired) electrons. The summed E-state index contributed by atoms with van der Waals surface area (Å²) in [6, 6.07) is 20.5. The maximum absolute atomic E-state index is 12.4. The van der Waals surface area contributed by atoms with Gasteiger partial charge in [-0.05, 0) is 55.1 Å². The van der Waals surface area contributed by atoms with Crippen LogP contribution in [0.25, 0.3) is 0 Å². The molecule has 0 saturated carbocycles. The van der Waals surface area contributed by atoms with Gasteiger partial charge in [0.05, 0.1) is 36.8 Å². The largest absolute Gasteiger partial charge is 0.508 e. The Kier molecular flexibility index (Phi) is 9.52. The van der Waals surface area contributed by atoms with Crippen molar-refractivity contribution in [2.75, 3.05) is 67.5 Å². The van der Waals surface area contributed by atoms with Crippen LogP contribution < -0.4 is 25.3 Å². The van der Waals surface area contributed by atoms with Gasteiger partial charge in [0.2, 0.25) is 5.91 Å². The highest BCUT2D eigenvalue weighted by Gasteiger charge is 2.29. The van der Waals surface area contributed by atoms with Crippen molar-refractivity contribution in [1.29, 1.82) is 0 Å². The normalized spacial score (nSPS) is 16.3. The second kappa shape index (κ2) is 14.2. The molecule has 1 atom stereocenters. The van der Waals surface area contributed by atoms with E-state index in [9.17, 15) is 9.90 Å². The number of hydrogen-bond acceptors (Lipinski definition) is 10. The van der Waals surface area contributed by atoms with Crippen LogP contribution in [-0.4, -0.2) is 72.8 Å². The molecule has 0 bridgehead atoms. The third-order valence-electron chi connectivity index (χ3n) is 8.12. The minimum Gasteiger partial charge on any atom is -0.508 e. The van der Waals surface area contributed by atoms with Crippen molar-refractivity contribution in [3.05, 3.63) is 102 Å². The van der Waals surface area contributed by atoms with E-state index in [2.05, 4.69) is 61.9 Å². The Bertz CT molecular complexity index is 1830. The van der Waals surface area contributed by atoms with Crippen LogP contribution in [0, 0.1) is 11.8 Å². The topological polar surface area (TPSA) is 115 Å². The van der Waals surface area contributed by atoms with Crippen LogP contribution in [0.2, 0.25) is 0 Å². The van der Waals surface area contributed by atoms with Gasteiger partial charge >= 0.3 is 0 Å². The summed E-state index contributed by atoms with van der Waals surface area (Å²) >= 11 is 0. The molecule has 3 heterocycles. The molecule has 2 fully saturated rings. The fourth-order valence-corrected chi connectivity index (χ4v) is 5.65. The number of amides is 1. The highest BCUT2D eigenvalue weighted by atomic mass is 16.7. The Hall–Kier alpha value is -5.57. The van der Waals surface area contributed by atoms with Crippen LogP contribution in [0.5, 0.6) is 11.5 Å². The number of aromatic hydroxyl groups is 1. The molecule has 2 saturated heterocycles. The van der Waals surface area contributed by atoms with Crippen molar-refractivity contribution >= 4 is 34.6 Å². The van der Waals surface area contributed by atoms with Gasteiger partial charge in [0.15, 0.2) is 5.82 Å². The minimum absolute atomic E-state index is 0.0848. The fraction of sp³-hybridized carbons (Fsp3) is 0.250. The summed E-state index contributed by atoms with van der Waals surface area (Å²) < 4.78 is 5.79. The quantitative estimate of drug-likeness (QED) is 0.179. The summed E-state index contributed by atoms with van der Waals surface area (Å²) in [6.07, 6.45) is 3.51. The Morgan fingerprint density at radius 2 is 1.79 bits per heavy atom. The van der Waals surface area contributed by atoms with Gasteiger partial charge in [-0.2, -0.15) is 0 Å². The van der Waals surface area contributed by atoms with Gasteiger partial charge in [0, 0.05) is 55.9 Å². The first kappa shape index (κ1) is 31.4. The number of ether oxygens (including phenoxy) is 1. The van der Waals surface area contributed by atoms with Gasteiger partial charge < -0.3 is 30.3 Å². The van der Waals surface area contributed by atoms with E-state index in [1.165, 1.54) is 12.4 Å². The van der Waals surface area contributed by atoms with Crippen molar-refractivity contribution in [3.8, 4) is 23.3 Å². The molecule has 3 aromatic carbocycles. The summed E-state index contributed by atoms with van der Waals surface area (Å²) in [7, 11) is 3.72. The summed E-state index contributed by atoms with van der Waals surface area (Å²) in [5, 5.41) is 17.9. The number of phenolic OH excluding ortho intramolecular Hbond substituents is 1. The van der Waals surface area contributed by atoms with Crippen LogP contribution in [-0.2, 0) is 9.63 Å². The summed E-state index contributed by atoms with van der Waals surface area (Å²) in [5.41, 5.74) is 4.79. The molecule has 47 heavy (non-hydrogen) atoms. The molecule has 3 N–H and O–H groups in total. The second-order valence-electron chi connectivity index (χ2n) is 11.3. The zero-order valence-electron chi connectivity index (χ0n) is 26.4. The molecular formula is C36H37N7O4. The number of nitrogens with zero attached hydrogens (tertiary/aromatic N) is 5. The molecule has 1 unspecified atom stereocenters. The SMILES string of the molecule is C=CC(=O)Nc1cc(Nc2cc(N3OCCC3c3cccc(C#Cc4cccc(O)c4)c3)ncn2)c(OC)cc1N1CCN(C)CC1. The maximum Gasteiger partial charge on any atom is 0.247 e. The first-order valence-corrected chi connectivity index (χ1v) is 15.4. The molecule has 1 aromatic heterocycles. The lowest BCUT2D eigenvalue weighted by atomic mass is 10.0. The van der Waals surface area contributed by atoms with Crippen molar-refractivity contribution in [2.24, 2.45) is 0 Å². The van der Waals surface area contributed by atoms with E-state index < -0.39 is 0 Å². The van der Waals surface area contributed by atoms with Gasteiger partial charge in [-0.25, -0.2) is 15.0 Å². The van der Waals surface area contributed by atoms with Crippen molar-refractivity contribution in [1.82, 2.24) is 14.9 Å². The summed E-state index contributed by atoms with van der Waals surface area (Å²) in [4.78, 5) is 32.0. The molecule has 2 aliphatic rings. The average Bonchev–Trinajstić information content (AvgIpc) is 3.59. The Morgan fingerprint density at radius 3 is 2.53 bits per heavy atom. The third kappa shape index (κ3) is 7.47. The second-order valence-corrected chi connectivity index (χ2v) is 11.3. The molecule has 4 aromatic rings. The van der Waals surface area contributed by atoms with Crippen LogP contribution in [0.1, 0.15) is 29.2 Å². The van der Waals surface area contributed by atoms with Crippen molar-refractivity contribution < 1.29 is 19.5 Å². The highest BCUT2D eigenvalue weighted by Crippen LogP contribution is 2.40. The smallest absolute Gasteiger partial charge is 0.247 e. The number of methoxy groups -OCH3 is 1. The summed E-state index contributed by atoms with van der Waals surface area (Å²) in [6.45, 7) is 7.62. The van der Waals surface area contributed by atoms with E-state index in [-0.39, 0.29) is 17.7 Å². The number of anilines is 5. The Balaban J connectivity index is 1.25. The monoisotopic (exact) mass is 631 g/mol. The maximum atomic E-state index is 12.4. The third-order valence-corrected chi connectivity index (χ3v) is 8.12. The lowest BCUT2D eigenvalue weighted by molar-refractivity contribution is -0.111. The molecule has 6 rings (SSSR count). The van der Waals surface area contributed by atoms with E-state index in [1.54, 1.807) is 30.4 Å². The van der Waals surface area contributed by atoms with Gasteiger partial charge in [-0.1, -0.05) is 36.6 Å². The van der Waals surface area contributed by atoms with E-state index in [0.717, 1.165) is 55.0 Å². The number of hydrogen-bond donors (Lipinski definition) is 3. The van der Waals surface area contributed by atoms with Gasteiger partial charge in [-0.15, -0.1) is 0 Å². The zero-order valence-corrected chi connectivity index (χ0v) is 26.4. The van der Waals surface area contributed by atoms with E-state index in [1.807, 2.05) is 42.5 Å². The molecule has 1 amide bonds. The van der Waals surface area contributed by atoms with Crippen LogP contribution in [0.15, 0.2) is 85.7 Å². The van der Waals surface area contributed by atoms with Crippen LogP contribution in [0.3, 0.4) is 0 Å². The minimum atomic E-state index is -0.299. The molecule has 240 valence electrons. The molecule has 11 nitrogen and oxygen atoms in total. The van der Waals surface area contributed by atoms with Crippen LogP contribution in [0.4, 0.5) is 28.7 Å². The number of nitrogens with one attached hydrogen (secondary N) is 2. The molecular weight excluding hydrogens is 594 g/mol. The number of hydroxylamine groups is 1. The van der Waals surface area contributed by atoms with Gasteiger partial charge in [0.25, 0.3) is 0 Å². The first-order valence-electron chi connectivity index (χ1n) is 15.4. The van der Waals surface area contributed by atoms with Gasteiger partial charge in [-0.3, -0.25) is 9.63 Å². The number of carbonyl (C=O) groups is 1. The number of phenols is 1. The average molecular weight is 632 g/mol. The van der Waals surface area contributed by atoms with Gasteiger partial charge in [0.1, 0.15) is 23.6 Å². The van der Waals surface area contributed by atoms with E-state index in [4.69, 9.17) is 9.57 Å². The van der Waals surface area contributed by atoms with Crippen molar-refractivity contribution in [3.63, 3.8) is 0 Å². The van der Waals surface area contributed by atoms with E-state index >= 15 is 0 Å². The fourth-order valence-electron chi connectivity index (χ4n) is 5.65. The van der Waals surface area contributed by atoms with E-state index in [0.29, 0.717) is 35.4 Å².